The molecule has 0 aromatic carbocycles. The van der Waals surface area contributed by atoms with Crippen LogP contribution in [0.3, 0.4) is 0 Å². The van der Waals surface area contributed by atoms with E-state index in [0.717, 1.165) is 167 Å². The molecule has 0 aromatic heterocycles. The lowest BCUT2D eigenvalue weighted by Gasteiger charge is -2.18. The molecule has 0 saturated carbocycles. The third-order valence-electron chi connectivity index (χ3n) is 13.7. The van der Waals surface area contributed by atoms with Gasteiger partial charge in [-0.2, -0.15) is 0 Å². The molecule has 0 amide bonds. The summed E-state index contributed by atoms with van der Waals surface area (Å²) < 4.78 is 16.9. The Morgan fingerprint density at radius 2 is 0.476 bits per heavy atom. The van der Waals surface area contributed by atoms with Crippen LogP contribution in [-0.4, -0.2) is 37.2 Å². The number of unbranched alkanes of at least 4 members (excludes halogenated alkanes) is 22. The van der Waals surface area contributed by atoms with Gasteiger partial charge in [0.2, 0.25) is 0 Å². The van der Waals surface area contributed by atoms with Crippen LogP contribution in [0.4, 0.5) is 0 Å². The van der Waals surface area contributed by atoms with Crippen LogP contribution in [-0.2, 0) is 28.6 Å². The van der Waals surface area contributed by atoms with Gasteiger partial charge in [-0.25, -0.2) is 0 Å². The molecule has 0 aromatic rings. The fraction of sp³-hybridized carbons (Fsp3) is 0.618. The summed E-state index contributed by atoms with van der Waals surface area (Å²) >= 11 is 0. The predicted octanol–water partition coefficient (Wildman–Crippen LogP) is 23.3. The van der Waals surface area contributed by atoms with Crippen LogP contribution in [0.15, 0.2) is 158 Å². The standard InChI is InChI=1S/C76H122O6/c1-4-7-10-13-16-19-22-25-27-29-30-31-32-33-34-35-36-37-38-39-40-41-42-43-44-45-46-47-49-51-54-57-60-63-66-69-75(78)81-72-73(71-80-74(77)68-65-62-59-56-53-50-24-21-18-15-12-9-6-3)82-76(79)70-67-64-61-58-55-52-48-28-26-23-20-17-14-11-8-5-2/h7,9-10,12,16,18-21,23,25,27-28,30-31,33-34,36-37,39-40,42-43,48,50,53,73H,4-6,8,11,13-15,17,22,24,26,29,32,35,38,41,44-47,49,51-52,54-72H2,1-3H3/b10-7-,12-9-,19-16-,21-18-,23-20-,27-25-,31-30-,34-33-,37-36-,40-39-,43-42-,48-28-,53-50-. The highest BCUT2D eigenvalue weighted by Crippen LogP contribution is 2.15. The lowest BCUT2D eigenvalue weighted by atomic mass is 10.1. The molecular formula is C76H122O6. The summed E-state index contributed by atoms with van der Waals surface area (Å²) in [7, 11) is 0. The van der Waals surface area contributed by atoms with Crippen molar-refractivity contribution in [2.45, 2.75) is 290 Å². The molecule has 462 valence electrons. The molecule has 0 heterocycles. The zero-order valence-corrected chi connectivity index (χ0v) is 52.9. The van der Waals surface area contributed by atoms with Crippen molar-refractivity contribution in [1.82, 2.24) is 0 Å². The van der Waals surface area contributed by atoms with Crippen LogP contribution in [0.1, 0.15) is 284 Å². The van der Waals surface area contributed by atoms with Crippen molar-refractivity contribution in [3.05, 3.63) is 158 Å². The molecule has 0 aliphatic carbocycles. The quantitative estimate of drug-likeness (QED) is 0.0261. The summed E-state index contributed by atoms with van der Waals surface area (Å²) in [6.45, 7) is 6.35. The van der Waals surface area contributed by atoms with Crippen molar-refractivity contribution in [3.8, 4) is 0 Å². The molecule has 0 aliphatic rings. The summed E-state index contributed by atoms with van der Waals surface area (Å²) in [4.78, 5) is 38.3. The fourth-order valence-corrected chi connectivity index (χ4v) is 8.80. The summed E-state index contributed by atoms with van der Waals surface area (Å²) in [5.41, 5.74) is 0. The molecular weight excluding hydrogens is 1010 g/mol. The lowest BCUT2D eigenvalue weighted by Crippen LogP contribution is -2.30. The molecule has 0 spiro atoms. The zero-order valence-electron chi connectivity index (χ0n) is 52.9. The van der Waals surface area contributed by atoms with E-state index in [1.165, 1.54) is 77.0 Å². The van der Waals surface area contributed by atoms with Gasteiger partial charge in [0.25, 0.3) is 0 Å². The van der Waals surface area contributed by atoms with Gasteiger partial charge >= 0.3 is 17.9 Å². The average Bonchev–Trinajstić information content (AvgIpc) is 3.47. The van der Waals surface area contributed by atoms with Crippen molar-refractivity contribution in [2.75, 3.05) is 13.2 Å². The number of rotatable bonds is 59. The molecule has 1 unspecified atom stereocenters. The van der Waals surface area contributed by atoms with Crippen LogP contribution < -0.4 is 0 Å². The van der Waals surface area contributed by atoms with Crippen LogP contribution in [0, 0.1) is 0 Å². The van der Waals surface area contributed by atoms with Gasteiger partial charge in [0.1, 0.15) is 13.2 Å². The van der Waals surface area contributed by atoms with Gasteiger partial charge in [0, 0.05) is 19.3 Å². The third kappa shape index (κ3) is 65.8. The minimum absolute atomic E-state index is 0.100. The van der Waals surface area contributed by atoms with Crippen molar-refractivity contribution in [1.29, 1.82) is 0 Å². The second-order valence-corrected chi connectivity index (χ2v) is 21.6. The highest BCUT2D eigenvalue weighted by molar-refractivity contribution is 5.71. The van der Waals surface area contributed by atoms with E-state index in [1.54, 1.807) is 0 Å². The molecule has 0 N–H and O–H groups in total. The minimum atomic E-state index is -0.806. The maximum absolute atomic E-state index is 12.9. The molecule has 0 bridgehead atoms. The second-order valence-electron chi connectivity index (χ2n) is 21.6. The largest absolute Gasteiger partial charge is 0.462 e. The van der Waals surface area contributed by atoms with E-state index in [9.17, 15) is 14.4 Å². The number of hydrogen-bond donors (Lipinski definition) is 0. The monoisotopic (exact) mass is 1130 g/mol. The Labute approximate surface area is 505 Å². The molecule has 82 heavy (non-hydrogen) atoms. The number of carbonyl (C=O) groups excluding carboxylic acids is 3. The summed E-state index contributed by atoms with van der Waals surface area (Å²) in [5, 5.41) is 0. The highest BCUT2D eigenvalue weighted by Gasteiger charge is 2.19. The van der Waals surface area contributed by atoms with Crippen LogP contribution in [0.2, 0.25) is 0 Å². The first-order valence-electron chi connectivity index (χ1n) is 33.5. The maximum atomic E-state index is 12.9. The zero-order chi connectivity index (χ0) is 59.2. The number of esters is 3. The molecule has 0 aliphatic heterocycles. The fourth-order valence-electron chi connectivity index (χ4n) is 8.80. The van der Waals surface area contributed by atoms with E-state index in [0.29, 0.717) is 19.3 Å². The number of hydrogen-bond acceptors (Lipinski definition) is 6. The normalized spacial score (nSPS) is 13.2. The Kier molecular flexibility index (Phi) is 64.4. The van der Waals surface area contributed by atoms with Crippen molar-refractivity contribution < 1.29 is 28.6 Å². The van der Waals surface area contributed by atoms with Crippen LogP contribution >= 0.6 is 0 Å². The van der Waals surface area contributed by atoms with Crippen molar-refractivity contribution >= 4 is 17.9 Å². The molecule has 1 atom stereocenters. The summed E-state index contributed by atoms with van der Waals surface area (Å²) in [5.74, 6) is -0.949. The smallest absolute Gasteiger partial charge is 0.306 e. The number of carbonyl (C=O) groups is 3. The molecule has 0 saturated heterocycles. The molecule has 0 radical (unpaired) electrons. The first-order valence-corrected chi connectivity index (χ1v) is 33.5. The van der Waals surface area contributed by atoms with Gasteiger partial charge in [0.05, 0.1) is 0 Å². The maximum Gasteiger partial charge on any atom is 0.306 e. The predicted molar refractivity (Wildman–Crippen MR) is 357 cm³/mol. The van der Waals surface area contributed by atoms with Crippen LogP contribution in [0.25, 0.3) is 0 Å². The van der Waals surface area contributed by atoms with E-state index in [1.807, 2.05) is 0 Å². The Morgan fingerprint density at radius 3 is 0.756 bits per heavy atom. The van der Waals surface area contributed by atoms with Gasteiger partial charge in [-0.05, 0) is 148 Å². The van der Waals surface area contributed by atoms with Crippen LogP contribution in [0.5, 0.6) is 0 Å². The molecule has 0 rings (SSSR count). The van der Waals surface area contributed by atoms with E-state index < -0.39 is 6.10 Å². The Morgan fingerprint density at radius 1 is 0.256 bits per heavy atom. The Hall–Kier alpha value is -4.97. The van der Waals surface area contributed by atoms with Gasteiger partial charge in [-0.3, -0.25) is 14.4 Å². The Balaban J connectivity index is 4.27. The van der Waals surface area contributed by atoms with Crippen molar-refractivity contribution in [3.63, 3.8) is 0 Å². The van der Waals surface area contributed by atoms with Crippen molar-refractivity contribution in [2.24, 2.45) is 0 Å². The first kappa shape index (κ1) is 77.0. The van der Waals surface area contributed by atoms with Gasteiger partial charge in [-0.15, -0.1) is 0 Å². The number of allylic oxidation sites excluding steroid dienone is 26. The lowest BCUT2D eigenvalue weighted by molar-refractivity contribution is -0.167. The minimum Gasteiger partial charge on any atom is -0.462 e. The number of ether oxygens (including phenoxy) is 3. The first-order chi connectivity index (χ1) is 40.5. The topological polar surface area (TPSA) is 78.9 Å². The van der Waals surface area contributed by atoms with Gasteiger partial charge in [0.15, 0.2) is 6.10 Å². The Bertz CT molecular complexity index is 1830. The molecule has 6 nitrogen and oxygen atoms in total. The second kappa shape index (κ2) is 68.5. The summed E-state index contributed by atoms with van der Waals surface area (Å²) in [6.07, 6.45) is 99.8. The van der Waals surface area contributed by atoms with E-state index in [-0.39, 0.29) is 31.1 Å². The van der Waals surface area contributed by atoms with Gasteiger partial charge in [-0.1, -0.05) is 275 Å². The third-order valence-corrected chi connectivity index (χ3v) is 13.7. The average molecular weight is 1130 g/mol. The highest BCUT2D eigenvalue weighted by atomic mass is 16.6. The molecule has 0 fully saturated rings. The SMILES string of the molecule is CC/C=C\C/C=C\C/C=C\C/C=C\C/C=C\C/C=C\C/C=C\C/C=C\CCCCCCCCCCCCC(=O)OCC(COC(=O)CCCCC/C=C\C/C=C\C/C=C\CC)OC(=O)CCCCCCC/C=C\C/C=C\CCCCCC. The summed E-state index contributed by atoms with van der Waals surface area (Å²) in [6, 6.07) is 0. The van der Waals surface area contributed by atoms with E-state index >= 15 is 0 Å². The van der Waals surface area contributed by atoms with Gasteiger partial charge < -0.3 is 14.2 Å². The van der Waals surface area contributed by atoms with E-state index in [4.69, 9.17) is 14.2 Å². The van der Waals surface area contributed by atoms with E-state index in [2.05, 4.69) is 179 Å². The molecule has 6 heteroatoms.